The molecule has 2 aromatic carbocycles. The predicted molar refractivity (Wildman–Crippen MR) is 135 cm³/mol. The van der Waals surface area contributed by atoms with E-state index in [1.165, 1.54) is 47.8 Å². The Morgan fingerprint density at radius 2 is 1.63 bits per heavy atom. The van der Waals surface area contributed by atoms with Gasteiger partial charge in [0.1, 0.15) is 0 Å². The van der Waals surface area contributed by atoms with Crippen LogP contribution in [0, 0.1) is 0 Å². The van der Waals surface area contributed by atoms with E-state index >= 15 is 0 Å². The zero-order chi connectivity index (χ0) is 19.9. The molecule has 0 bridgehead atoms. The van der Waals surface area contributed by atoms with Gasteiger partial charge in [0.2, 0.25) is 0 Å². The van der Waals surface area contributed by atoms with Crippen molar-refractivity contribution in [3.05, 3.63) is 77.6 Å². The molecule has 5 nitrogen and oxygen atoms in total. The van der Waals surface area contributed by atoms with Gasteiger partial charge in [-0.05, 0) is 48.5 Å². The molecule has 3 aromatic rings. The fourth-order valence-corrected chi connectivity index (χ4v) is 3.86. The van der Waals surface area contributed by atoms with Gasteiger partial charge in [-0.25, -0.2) is 0 Å². The number of nitrogens with one attached hydrogen (secondary N) is 2. The Bertz CT molecular complexity index is 960. The Labute approximate surface area is 196 Å². The lowest BCUT2D eigenvalue weighted by molar-refractivity contribution is 0.331. The van der Waals surface area contributed by atoms with E-state index in [0.717, 1.165) is 24.7 Å². The summed E-state index contributed by atoms with van der Waals surface area (Å²) >= 11 is 0. The van der Waals surface area contributed by atoms with Crippen molar-refractivity contribution >= 4 is 40.7 Å². The maximum Gasteiger partial charge on any atom is 0.191 e. The fraction of sp³-hybridized carbons (Fsp3) is 0.333. The van der Waals surface area contributed by atoms with E-state index in [1.54, 1.807) is 7.05 Å². The van der Waals surface area contributed by atoms with Crippen molar-refractivity contribution in [2.24, 2.45) is 4.99 Å². The highest BCUT2D eigenvalue weighted by atomic mass is 127. The number of pyridine rings is 1. The van der Waals surface area contributed by atoms with Crippen LogP contribution in [0.2, 0.25) is 0 Å². The average molecular weight is 515 g/mol. The number of fused-ring (bicyclic) bond motifs is 1. The molecule has 1 fully saturated rings. The van der Waals surface area contributed by atoms with Crippen LogP contribution in [0.25, 0.3) is 10.8 Å². The largest absolute Gasteiger partial charge is 0.352 e. The highest BCUT2D eigenvalue weighted by Crippen LogP contribution is 2.16. The number of halogens is 1. The van der Waals surface area contributed by atoms with Gasteiger partial charge in [0, 0.05) is 31.7 Å². The van der Waals surface area contributed by atoms with E-state index < -0.39 is 0 Å². The standard InChI is InChI=1S/C24H29N5.HI/c1-25-24(28-17-23-22-7-3-2-6-21(22)12-13-26-23)27-16-19-8-10-20(11-9-19)18-29-14-4-5-15-29;/h2-3,6-13H,4-5,14-18H2,1H3,(H2,25,27,28);1H. The maximum atomic E-state index is 4.53. The van der Waals surface area contributed by atoms with Crippen LogP contribution in [-0.2, 0) is 19.6 Å². The molecular weight excluding hydrogens is 485 g/mol. The molecule has 1 saturated heterocycles. The number of guanidine groups is 1. The van der Waals surface area contributed by atoms with E-state index in [9.17, 15) is 0 Å². The molecule has 1 aromatic heterocycles. The van der Waals surface area contributed by atoms with Gasteiger partial charge >= 0.3 is 0 Å². The highest BCUT2D eigenvalue weighted by Gasteiger charge is 2.11. The molecule has 4 rings (SSSR count). The summed E-state index contributed by atoms with van der Waals surface area (Å²) in [6.07, 6.45) is 4.53. The molecule has 0 saturated carbocycles. The summed E-state index contributed by atoms with van der Waals surface area (Å²) < 4.78 is 0. The first kappa shape index (κ1) is 22.5. The van der Waals surface area contributed by atoms with Gasteiger partial charge < -0.3 is 10.6 Å². The molecule has 0 aliphatic carbocycles. The van der Waals surface area contributed by atoms with Crippen molar-refractivity contribution in [3.63, 3.8) is 0 Å². The molecule has 0 amide bonds. The van der Waals surface area contributed by atoms with Crippen LogP contribution >= 0.6 is 24.0 Å². The van der Waals surface area contributed by atoms with E-state index in [1.807, 2.05) is 18.3 Å². The third-order valence-electron chi connectivity index (χ3n) is 5.49. The Hall–Kier alpha value is -2.19. The molecule has 1 aliphatic rings. The van der Waals surface area contributed by atoms with Crippen LogP contribution < -0.4 is 10.6 Å². The van der Waals surface area contributed by atoms with Gasteiger partial charge in [0.25, 0.3) is 0 Å². The molecule has 6 heteroatoms. The van der Waals surface area contributed by atoms with Gasteiger partial charge in [-0.3, -0.25) is 14.9 Å². The topological polar surface area (TPSA) is 52.6 Å². The Kier molecular flexibility index (Phi) is 8.45. The molecule has 2 heterocycles. The number of nitrogens with zero attached hydrogens (tertiary/aromatic N) is 3. The summed E-state index contributed by atoms with van der Waals surface area (Å²) in [4.78, 5) is 11.4. The van der Waals surface area contributed by atoms with E-state index in [4.69, 9.17) is 0 Å². The molecule has 0 spiro atoms. The third kappa shape index (κ3) is 5.92. The zero-order valence-electron chi connectivity index (χ0n) is 17.5. The lowest BCUT2D eigenvalue weighted by atomic mass is 10.1. The minimum atomic E-state index is 0. The molecular formula is C24H30IN5. The molecule has 0 unspecified atom stereocenters. The minimum Gasteiger partial charge on any atom is -0.352 e. The maximum absolute atomic E-state index is 4.53. The van der Waals surface area contributed by atoms with Crippen LogP contribution in [0.4, 0.5) is 0 Å². The first-order chi connectivity index (χ1) is 14.3. The summed E-state index contributed by atoms with van der Waals surface area (Å²) in [5, 5.41) is 9.15. The van der Waals surface area contributed by atoms with Crippen LogP contribution in [-0.4, -0.2) is 36.0 Å². The van der Waals surface area contributed by atoms with Gasteiger partial charge in [0.05, 0.1) is 12.2 Å². The smallest absolute Gasteiger partial charge is 0.191 e. The summed E-state index contributed by atoms with van der Waals surface area (Å²) in [6, 6.07) is 19.3. The second-order valence-electron chi connectivity index (χ2n) is 7.56. The fourth-order valence-electron chi connectivity index (χ4n) is 3.86. The summed E-state index contributed by atoms with van der Waals surface area (Å²) in [5.41, 5.74) is 3.67. The lowest BCUT2D eigenvalue weighted by Gasteiger charge is -2.15. The lowest BCUT2D eigenvalue weighted by Crippen LogP contribution is -2.36. The van der Waals surface area contributed by atoms with Gasteiger partial charge in [-0.15, -0.1) is 24.0 Å². The van der Waals surface area contributed by atoms with Crippen molar-refractivity contribution in [1.82, 2.24) is 20.5 Å². The normalized spacial score (nSPS) is 14.5. The summed E-state index contributed by atoms with van der Waals surface area (Å²) in [6.45, 7) is 4.91. The van der Waals surface area contributed by atoms with Crippen LogP contribution in [0.15, 0.2) is 65.8 Å². The van der Waals surface area contributed by atoms with E-state index in [2.05, 4.69) is 68.0 Å². The number of likely N-dealkylation sites (tertiary alicyclic amines) is 1. The SMILES string of the molecule is CN=C(NCc1ccc(CN2CCCC2)cc1)NCc1nccc2ccccc12.I. The van der Waals surface area contributed by atoms with Crippen molar-refractivity contribution in [1.29, 1.82) is 0 Å². The minimum absolute atomic E-state index is 0. The number of rotatable bonds is 6. The summed E-state index contributed by atoms with van der Waals surface area (Å²) in [5.74, 6) is 0.779. The van der Waals surface area contributed by atoms with Crippen LogP contribution in [0.5, 0.6) is 0 Å². The highest BCUT2D eigenvalue weighted by molar-refractivity contribution is 14.0. The number of hydrogen-bond acceptors (Lipinski definition) is 3. The zero-order valence-corrected chi connectivity index (χ0v) is 19.8. The Balaban J connectivity index is 0.00000256. The van der Waals surface area contributed by atoms with Crippen LogP contribution in [0.3, 0.4) is 0 Å². The third-order valence-corrected chi connectivity index (χ3v) is 5.49. The summed E-state index contributed by atoms with van der Waals surface area (Å²) in [7, 11) is 1.80. The first-order valence-electron chi connectivity index (χ1n) is 10.4. The molecule has 0 radical (unpaired) electrons. The number of hydrogen-bond donors (Lipinski definition) is 2. The molecule has 158 valence electrons. The quantitative estimate of drug-likeness (QED) is 0.292. The van der Waals surface area contributed by atoms with E-state index in [-0.39, 0.29) is 24.0 Å². The molecule has 30 heavy (non-hydrogen) atoms. The van der Waals surface area contributed by atoms with Crippen LogP contribution in [0.1, 0.15) is 29.7 Å². The Morgan fingerprint density at radius 3 is 2.40 bits per heavy atom. The Morgan fingerprint density at radius 1 is 0.933 bits per heavy atom. The predicted octanol–water partition coefficient (Wildman–Crippen LogP) is 4.31. The van der Waals surface area contributed by atoms with Crippen molar-refractivity contribution in [2.45, 2.75) is 32.5 Å². The second kappa shape index (κ2) is 11.3. The van der Waals surface area contributed by atoms with Gasteiger partial charge in [-0.2, -0.15) is 0 Å². The molecule has 0 atom stereocenters. The van der Waals surface area contributed by atoms with Gasteiger partial charge in [-0.1, -0.05) is 48.5 Å². The first-order valence-corrected chi connectivity index (χ1v) is 10.4. The molecule has 1 aliphatic heterocycles. The van der Waals surface area contributed by atoms with E-state index in [0.29, 0.717) is 6.54 Å². The van der Waals surface area contributed by atoms with Crippen molar-refractivity contribution in [3.8, 4) is 0 Å². The molecule has 2 N–H and O–H groups in total. The van der Waals surface area contributed by atoms with Crippen molar-refractivity contribution < 1.29 is 0 Å². The monoisotopic (exact) mass is 515 g/mol. The number of aliphatic imine (C=N–C) groups is 1. The average Bonchev–Trinajstić information content (AvgIpc) is 3.28. The number of benzene rings is 2. The second-order valence-corrected chi connectivity index (χ2v) is 7.56. The van der Waals surface area contributed by atoms with Gasteiger partial charge in [0.15, 0.2) is 5.96 Å². The number of aromatic nitrogens is 1. The van der Waals surface area contributed by atoms with Crippen molar-refractivity contribution in [2.75, 3.05) is 20.1 Å².